The van der Waals surface area contributed by atoms with Crippen LogP contribution in [0, 0.1) is 5.92 Å². The predicted molar refractivity (Wildman–Crippen MR) is 60.8 cm³/mol. The van der Waals surface area contributed by atoms with Crippen LogP contribution in [-0.2, 0) is 0 Å². The zero-order chi connectivity index (χ0) is 8.53. The van der Waals surface area contributed by atoms with Crippen molar-refractivity contribution in [2.24, 2.45) is 5.92 Å². The number of hydrogen-bond donors (Lipinski definition) is 0. The van der Waals surface area contributed by atoms with Crippen LogP contribution in [0.2, 0.25) is 0 Å². The summed E-state index contributed by atoms with van der Waals surface area (Å²) in [6.07, 6.45) is 10.0. The van der Waals surface area contributed by atoms with Crippen LogP contribution in [0.5, 0.6) is 0 Å². The molecule has 0 aliphatic rings. The third kappa shape index (κ3) is 13.4. The van der Waals surface area contributed by atoms with Gasteiger partial charge in [-0.1, -0.05) is 65.7 Å². The van der Waals surface area contributed by atoms with Crippen LogP contribution < -0.4 is 0 Å². The Morgan fingerprint density at radius 1 is 0.917 bits per heavy atom. The molecule has 0 bridgehead atoms. The molecule has 0 radical (unpaired) electrons. The second-order valence-electron chi connectivity index (χ2n) is 3.95. The summed E-state index contributed by atoms with van der Waals surface area (Å²) < 4.78 is 0. The summed E-state index contributed by atoms with van der Waals surface area (Å²) in [5, 5.41) is 0. The van der Waals surface area contributed by atoms with Crippen LogP contribution in [0.4, 0.5) is 0 Å². The van der Waals surface area contributed by atoms with E-state index < -0.39 is 0 Å². The van der Waals surface area contributed by atoms with Gasteiger partial charge >= 0.3 is 23.1 Å². The molecule has 72 valence electrons. The van der Waals surface area contributed by atoms with E-state index in [-0.39, 0.29) is 25.9 Å². The molecule has 0 saturated carbocycles. The second kappa shape index (κ2) is 11.8. The molecule has 0 fully saturated rings. The van der Waals surface area contributed by atoms with E-state index in [9.17, 15) is 0 Å². The fourth-order valence-electron chi connectivity index (χ4n) is 1.33. The molecule has 0 atom stereocenters. The van der Waals surface area contributed by atoms with Gasteiger partial charge in [-0.05, 0) is 5.92 Å². The van der Waals surface area contributed by atoms with Crippen molar-refractivity contribution < 1.29 is 2.85 Å². The van der Waals surface area contributed by atoms with E-state index in [2.05, 4.69) is 20.8 Å². The number of unbranched alkanes of at least 4 members (excludes halogenated alkanes) is 5. The van der Waals surface area contributed by atoms with Gasteiger partial charge < -0.3 is 2.85 Å². The molecule has 1 heteroatoms. The van der Waals surface area contributed by atoms with Crippen LogP contribution in [0.3, 0.4) is 0 Å². The Balaban J connectivity index is -0.000000167. The predicted octanol–water partition coefficient (Wildman–Crippen LogP) is 4.24. The van der Waals surface area contributed by atoms with Crippen molar-refractivity contribution in [3.63, 3.8) is 0 Å². The van der Waals surface area contributed by atoms with E-state index >= 15 is 0 Å². The molecule has 0 unspecified atom stereocenters. The molecule has 0 spiro atoms. The van der Waals surface area contributed by atoms with E-state index in [1.807, 2.05) is 0 Å². The second-order valence-corrected chi connectivity index (χ2v) is 3.95. The van der Waals surface area contributed by atoms with E-state index in [4.69, 9.17) is 0 Å². The van der Waals surface area contributed by atoms with Crippen LogP contribution in [0.1, 0.15) is 68.6 Å². The molecule has 0 aliphatic heterocycles. The molecule has 0 aromatic heterocycles. The molecular formula is C11H26Mg. The van der Waals surface area contributed by atoms with Gasteiger partial charge in [0.25, 0.3) is 0 Å². The van der Waals surface area contributed by atoms with Crippen molar-refractivity contribution >= 4 is 23.1 Å². The fourth-order valence-corrected chi connectivity index (χ4v) is 1.33. The minimum absolute atomic E-state index is 0. The van der Waals surface area contributed by atoms with E-state index in [1.165, 1.54) is 44.9 Å². The summed E-state index contributed by atoms with van der Waals surface area (Å²) in [5.41, 5.74) is 0. The normalized spacial score (nSPS) is 10.0. The van der Waals surface area contributed by atoms with Crippen molar-refractivity contribution in [2.75, 3.05) is 0 Å². The maximum atomic E-state index is 2.31. The van der Waals surface area contributed by atoms with Gasteiger partial charge in [0, 0.05) is 0 Å². The zero-order valence-electron chi connectivity index (χ0n) is 11.2. The van der Waals surface area contributed by atoms with Crippen molar-refractivity contribution in [3.05, 3.63) is 0 Å². The van der Waals surface area contributed by atoms with E-state index in [0.717, 1.165) is 5.92 Å². The number of hydrogen-bond acceptors (Lipinski definition) is 0. The zero-order valence-corrected chi connectivity index (χ0v) is 10.6. The molecular weight excluding hydrogens is 156 g/mol. The molecule has 12 heavy (non-hydrogen) atoms. The Bertz CT molecular complexity index is 77.7. The maximum absolute atomic E-state index is 2.31. The average Bonchev–Trinajstić information content (AvgIpc) is 1.96. The third-order valence-corrected chi connectivity index (χ3v) is 2.14. The van der Waals surface area contributed by atoms with E-state index in [1.54, 1.807) is 0 Å². The first kappa shape index (κ1) is 15.2. The Kier molecular flexibility index (Phi) is 15.0. The van der Waals surface area contributed by atoms with Crippen molar-refractivity contribution in [3.8, 4) is 0 Å². The van der Waals surface area contributed by atoms with Gasteiger partial charge in [-0.15, -0.1) is 0 Å². The van der Waals surface area contributed by atoms with Gasteiger partial charge in [0.2, 0.25) is 0 Å². The van der Waals surface area contributed by atoms with E-state index in [0.29, 0.717) is 0 Å². The van der Waals surface area contributed by atoms with Crippen molar-refractivity contribution in [2.45, 2.75) is 65.7 Å². The Morgan fingerprint density at radius 3 is 1.92 bits per heavy atom. The van der Waals surface area contributed by atoms with Gasteiger partial charge in [-0.3, -0.25) is 0 Å². The molecule has 0 aromatic carbocycles. The molecule has 0 amide bonds. The minimum Gasteiger partial charge on any atom is -1.00 e. The van der Waals surface area contributed by atoms with Gasteiger partial charge in [0.15, 0.2) is 0 Å². The van der Waals surface area contributed by atoms with Gasteiger partial charge in [0.05, 0.1) is 0 Å². The molecule has 0 saturated heterocycles. The molecule has 0 aromatic rings. The average molecular weight is 183 g/mol. The molecule has 0 heterocycles. The maximum Gasteiger partial charge on any atom is 2.00 e. The fraction of sp³-hybridized carbons (Fsp3) is 1.00. The van der Waals surface area contributed by atoms with Crippen molar-refractivity contribution in [1.82, 2.24) is 0 Å². The smallest absolute Gasteiger partial charge is 1.00 e. The van der Waals surface area contributed by atoms with Crippen LogP contribution in [0.15, 0.2) is 0 Å². The van der Waals surface area contributed by atoms with Gasteiger partial charge in [-0.25, -0.2) is 0 Å². The largest absolute Gasteiger partial charge is 2.00 e. The first-order chi connectivity index (χ1) is 5.27. The number of rotatable bonds is 7. The monoisotopic (exact) mass is 182 g/mol. The summed E-state index contributed by atoms with van der Waals surface area (Å²) >= 11 is 0. The third-order valence-electron chi connectivity index (χ3n) is 2.14. The Hall–Kier alpha value is 0.766. The van der Waals surface area contributed by atoms with Crippen molar-refractivity contribution in [1.29, 1.82) is 0 Å². The SMILES string of the molecule is CCCCCCCCC(C)C.[H-].[H-].[Mg+2]. The summed E-state index contributed by atoms with van der Waals surface area (Å²) in [7, 11) is 0. The van der Waals surface area contributed by atoms with Crippen LogP contribution in [-0.4, -0.2) is 23.1 Å². The van der Waals surface area contributed by atoms with Gasteiger partial charge in [-0.2, -0.15) is 0 Å². The molecule has 0 rings (SSSR count). The Labute approximate surface area is 97.6 Å². The quantitative estimate of drug-likeness (QED) is 0.408. The standard InChI is InChI=1S/C11H24.Mg.2H/c1-4-5-6-7-8-9-10-11(2)3;;;/h11H,4-10H2,1-3H3;;;/q;+2;2*-1. The molecule has 0 N–H and O–H groups in total. The Morgan fingerprint density at radius 2 is 1.42 bits per heavy atom. The summed E-state index contributed by atoms with van der Waals surface area (Å²) in [5.74, 6) is 0.904. The van der Waals surface area contributed by atoms with Crippen LogP contribution >= 0.6 is 0 Å². The van der Waals surface area contributed by atoms with Gasteiger partial charge in [0.1, 0.15) is 0 Å². The first-order valence-corrected chi connectivity index (χ1v) is 5.27. The molecule has 0 nitrogen and oxygen atoms in total. The first-order valence-electron chi connectivity index (χ1n) is 5.27. The minimum atomic E-state index is 0. The topological polar surface area (TPSA) is 0 Å². The summed E-state index contributed by atoms with van der Waals surface area (Å²) in [6.45, 7) is 6.90. The molecule has 0 aliphatic carbocycles. The summed E-state index contributed by atoms with van der Waals surface area (Å²) in [4.78, 5) is 0. The van der Waals surface area contributed by atoms with Crippen LogP contribution in [0.25, 0.3) is 0 Å². The summed E-state index contributed by atoms with van der Waals surface area (Å²) in [6, 6.07) is 0.